The van der Waals surface area contributed by atoms with Crippen LogP contribution in [0.25, 0.3) is 0 Å². The summed E-state index contributed by atoms with van der Waals surface area (Å²) >= 11 is 2.98. The number of benzene rings is 2. The molecule has 2 rings (SSSR count). The van der Waals surface area contributed by atoms with Gasteiger partial charge in [0.25, 0.3) is 0 Å². The van der Waals surface area contributed by atoms with Crippen molar-refractivity contribution < 1.29 is 13.6 Å². The zero-order valence-electron chi connectivity index (χ0n) is 11.0. The van der Waals surface area contributed by atoms with Gasteiger partial charge < -0.3 is 11.1 Å². The fraction of sp³-hybridized carbons (Fsp3) is 0.133. The van der Waals surface area contributed by atoms with Crippen LogP contribution in [0.2, 0.25) is 0 Å². The quantitative estimate of drug-likeness (QED) is 0.818. The van der Waals surface area contributed by atoms with Crippen LogP contribution in [-0.4, -0.2) is 5.91 Å². The van der Waals surface area contributed by atoms with Gasteiger partial charge in [-0.1, -0.05) is 34.1 Å². The zero-order valence-corrected chi connectivity index (χ0v) is 12.6. The van der Waals surface area contributed by atoms with Gasteiger partial charge in [0, 0.05) is 16.6 Å². The third-order valence-electron chi connectivity index (χ3n) is 2.95. The second kappa shape index (κ2) is 6.67. The first-order valence-corrected chi connectivity index (χ1v) is 7.04. The summed E-state index contributed by atoms with van der Waals surface area (Å²) < 4.78 is 27.5. The molecule has 0 saturated carbocycles. The molecule has 110 valence electrons. The van der Waals surface area contributed by atoms with Crippen LogP contribution in [-0.2, 0) is 11.2 Å². The molecule has 0 unspecified atom stereocenters. The van der Waals surface area contributed by atoms with Crippen LogP contribution < -0.4 is 11.1 Å². The van der Waals surface area contributed by atoms with Gasteiger partial charge in [0.2, 0.25) is 5.91 Å². The Hall–Kier alpha value is -1.95. The predicted octanol–water partition coefficient (Wildman–Crippen LogP) is 3.88. The monoisotopic (exact) mass is 354 g/mol. The molecule has 0 radical (unpaired) electrons. The molecular formula is C15H13BrF2N2O. The first kappa shape index (κ1) is 15.4. The van der Waals surface area contributed by atoms with Gasteiger partial charge in [-0.05, 0) is 30.2 Å². The van der Waals surface area contributed by atoms with Crippen LogP contribution in [0, 0.1) is 11.6 Å². The maximum atomic E-state index is 13.6. The van der Waals surface area contributed by atoms with Crippen LogP contribution >= 0.6 is 15.9 Å². The number of amides is 1. The summed E-state index contributed by atoms with van der Waals surface area (Å²) in [5.74, 6) is -2.12. The molecule has 0 aromatic heterocycles. The standard InChI is InChI=1S/C15H13BrF2N2O/c16-10-7-11(17)15(12(18)8-10)20-14(21)6-5-9-3-1-2-4-13(9)19/h1-4,7-8H,5-6,19H2,(H,20,21). The molecular weight excluding hydrogens is 342 g/mol. The molecule has 0 aliphatic carbocycles. The molecule has 1 amide bonds. The number of rotatable bonds is 4. The highest BCUT2D eigenvalue weighted by Crippen LogP contribution is 2.24. The largest absolute Gasteiger partial charge is 0.399 e. The molecule has 0 bridgehead atoms. The molecule has 3 N–H and O–H groups in total. The lowest BCUT2D eigenvalue weighted by atomic mass is 10.1. The highest BCUT2D eigenvalue weighted by Gasteiger charge is 2.13. The van der Waals surface area contributed by atoms with E-state index < -0.39 is 23.2 Å². The molecule has 3 nitrogen and oxygen atoms in total. The first-order chi connectivity index (χ1) is 9.97. The van der Waals surface area contributed by atoms with Crippen LogP contribution in [0.15, 0.2) is 40.9 Å². The number of nitrogen functional groups attached to an aromatic ring is 1. The molecule has 0 spiro atoms. The normalized spacial score (nSPS) is 10.4. The van der Waals surface area contributed by atoms with E-state index in [1.54, 1.807) is 12.1 Å². The van der Waals surface area contributed by atoms with Gasteiger partial charge in [-0.25, -0.2) is 8.78 Å². The summed E-state index contributed by atoms with van der Waals surface area (Å²) in [7, 11) is 0. The van der Waals surface area contributed by atoms with E-state index in [9.17, 15) is 13.6 Å². The van der Waals surface area contributed by atoms with Crippen molar-refractivity contribution in [2.45, 2.75) is 12.8 Å². The highest BCUT2D eigenvalue weighted by molar-refractivity contribution is 9.10. The number of hydrogen-bond donors (Lipinski definition) is 2. The van der Waals surface area contributed by atoms with E-state index >= 15 is 0 Å². The number of anilines is 2. The van der Waals surface area contributed by atoms with E-state index in [1.807, 2.05) is 12.1 Å². The average Bonchev–Trinajstić information content (AvgIpc) is 2.42. The number of nitrogens with one attached hydrogen (secondary N) is 1. The van der Waals surface area contributed by atoms with E-state index in [2.05, 4.69) is 21.2 Å². The van der Waals surface area contributed by atoms with E-state index in [4.69, 9.17) is 5.73 Å². The average molecular weight is 355 g/mol. The Morgan fingerprint density at radius 1 is 1.19 bits per heavy atom. The van der Waals surface area contributed by atoms with E-state index in [0.29, 0.717) is 12.1 Å². The van der Waals surface area contributed by atoms with Gasteiger partial charge in [0.15, 0.2) is 11.6 Å². The summed E-state index contributed by atoms with van der Waals surface area (Å²) in [5.41, 5.74) is 6.74. The minimum atomic E-state index is -0.825. The molecule has 0 saturated heterocycles. The van der Waals surface area contributed by atoms with E-state index in [1.165, 1.54) is 0 Å². The lowest BCUT2D eigenvalue weighted by Gasteiger charge is -2.09. The lowest BCUT2D eigenvalue weighted by molar-refractivity contribution is -0.116. The van der Waals surface area contributed by atoms with Crippen molar-refractivity contribution in [2.75, 3.05) is 11.1 Å². The summed E-state index contributed by atoms with van der Waals surface area (Å²) in [5, 5.41) is 2.24. The lowest BCUT2D eigenvalue weighted by Crippen LogP contribution is -2.15. The molecule has 2 aromatic carbocycles. The molecule has 0 atom stereocenters. The first-order valence-electron chi connectivity index (χ1n) is 6.25. The Balaban J connectivity index is 2.01. The van der Waals surface area contributed by atoms with Crippen molar-refractivity contribution >= 4 is 33.2 Å². The van der Waals surface area contributed by atoms with Gasteiger partial charge in [-0.2, -0.15) is 0 Å². The third-order valence-corrected chi connectivity index (χ3v) is 3.41. The number of aryl methyl sites for hydroxylation is 1. The van der Waals surface area contributed by atoms with Gasteiger partial charge in [-0.15, -0.1) is 0 Å². The smallest absolute Gasteiger partial charge is 0.224 e. The minimum Gasteiger partial charge on any atom is -0.399 e. The Morgan fingerprint density at radius 2 is 1.81 bits per heavy atom. The van der Waals surface area contributed by atoms with Crippen LogP contribution in [0.5, 0.6) is 0 Å². The van der Waals surface area contributed by atoms with E-state index in [-0.39, 0.29) is 10.9 Å². The molecule has 0 fully saturated rings. The number of nitrogens with two attached hydrogens (primary N) is 1. The molecule has 21 heavy (non-hydrogen) atoms. The highest BCUT2D eigenvalue weighted by atomic mass is 79.9. The number of carbonyl (C=O) groups is 1. The van der Waals surface area contributed by atoms with Crippen LogP contribution in [0.3, 0.4) is 0 Å². The maximum absolute atomic E-state index is 13.6. The fourth-order valence-electron chi connectivity index (χ4n) is 1.87. The maximum Gasteiger partial charge on any atom is 0.224 e. The molecule has 6 heteroatoms. The van der Waals surface area contributed by atoms with Crippen molar-refractivity contribution in [1.29, 1.82) is 0 Å². The van der Waals surface area contributed by atoms with Gasteiger partial charge >= 0.3 is 0 Å². The van der Waals surface area contributed by atoms with Crippen molar-refractivity contribution in [2.24, 2.45) is 0 Å². The molecule has 2 aromatic rings. The Morgan fingerprint density at radius 3 is 2.43 bits per heavy atom. The van der Waals surface area contributed by atoms with Gasteiger partial charge in [0.1, 0.15) is 5.69 Å². The van der Waals surface area contributed by atoms with Crippen LogP contribution in [0.4, 0.5) is 20.2 Å². The van der Waals surface area contributed by atoms with Gasteiger partial charge in [0.05, 0.1) is 0 Å². The second-order valence-electron chi connectivity index (χ2n) is 4.49. The van der Waals surface area contributed by atoms with E-state index in [0.717, 1.165) is 17.7 Å². The molecule has 0 aliphatic heterocycles. The zero-order chi connectivity index (χ0) is 15.4. The Kier molecular flexibility index (Phi) is 4.90. The number of hydrogen-bond acceptors (Lipinski definition) is 2. The Bertz CT molecular complexity index is 653. The summed E-state index contributed by atoms with van der Waals surface area (Å²) in [4.78, 5) is 11.8. The van der Waals surface area contributed by atoms with Crippen molar-refractivity contribution in [3.63, 3.8) is 0 Å². The van der Waals surface area contributed by atoms with Crippen molar-refractivity contribution in [3.8, 4) is 0 Å². The minimum absolute atomic E-state index is 0.0865. The topological polar surface area (TPSA) is 55.1 Å². The number of halogens is 3. The van der Waals surface area contributed by atoms with Crippen molar-refractivity contribution in [3.05, 3.63) is 58.1 Å². The number of para-hydroxylation sites is 1. The molecule has 0 heterocycles. The van der Waals surface area contributed by atoms with Crippen molar-refractivity contribution in [1.82, 2.24) is 0 Å². The number of carbonyl (C=O) groups excluding carboxylic acids is 1. The Labute approximate surface area is 129 Å². The SMILES string of the molecule is Nc1ccccc1CCC(=O)Nc1c(F)cc(Br)cc1F. The van der Waals surface area contributed by atoms with Gasteiger partial charge in [-0.3, -0.25) is 4.79 Å². The summed E-state index contributed by atoms with van der Waals surface area (Å²) in [6.45, 7) is 0. The molecule has 0 aliphatic rings. The third kappa shape index (κ3) is 4.01. The van der Waals surface area contributed by atoms with Crippen LogP contribution in [0.1, 0.15) is 12.0 Å². The predicted molar refractivity (Wildman–Crippen MR) is 81.9 cm³/mol. The summed E-state index contributed by atoms with van der Waals surface area (Å²) in [6.07, 6.45) is 0.488. The summed E-state index contributed by atoms with van der Waals surface area (Å²) in [6, 6.07) is 9.34. The second-order valence-corrected chi connectivity index (χ2v) is 5.41. The fourth-order valence-corrected chi connectivity index (χ4v) is 2.28.